The molecule has 5 nitrogen and oxygen atoms in total. The van der Waals surface area contributed by atoms with Crippen molar-refractivity contribution in [3.8, 4) is 35.0 Å². The molecule has 0 aliphatic carbocycles. The molecule has 1 amide bonds. The Labute approximate surface area is 177 Å². The van der Waals surface area contributed by atoms with Gasteiger partial charge in [0.15, 0.2) is 11.5 Å². The van der Waals surface area contributed by atoms with Gasteiger partial charge >= 0.3 is 0 Å². The number of ether oxygens (including phenoxy) is 2. The molecule has 1 aromatic heterocycles. The second-order valence-electron chi connectivity index (χ2n) is 6.69. The number of pyridine rings is 1. The van der Waals surface area contributed by atoms with Gasteiger partial charge in [-0.15, -0.1) is 6.42 Å². The number of hydrogen-bond acceptors (Lipinski definition) is 4. The molecule has 152 valence electrons. The highest BCUT2D eigenvalue weighted by Crippen LogP contribution is 2.28. The van der Waals surface area contributed by atoms with E-state index >= 15 is 0 Å². The lowest BCUT2D eigenvalue weighted by Crippen LogP contribution is -2.22. The van der Waals surface area contributed by atoms with Gasteiger partial charge in [-0.25, -0.2) is 0 Å². The molecule has 3 rings (SSSR count). The number of carbonyl (C=O) groups is 1. The summed E-state index contributed by atoms with van der Waals surface area (Å²) in [6, 6.07) is 17.7. The van der Waals surface area contributed by atoms with Crippen LogP contribution in [0, 0.1) is 12.3 Å². The third-order valence-corrected chi connectivity index (χ3v) is 4.64. The van der Waals surface area contributed by atoms with Crippen LogP contribution in [0.5, 0.6) is 11.5 Å². The maximum Gasteiger partial charge on any atom is 0.220 e. The van der Waals surface area contributed by atoms with E-state index in [2.05, 4.69) is 16.2 Å². The lowest BCUT2D eigenvalue weighted by Gasteiger charge is -2.11. The SMILES string of the molecule is C#CCOc1ccc(CCC(=O)NCc2ccc(-c3ccncc3)cc2)cc1OC. The Bertz CT molecular complexity index is 1010. The molecule has 0 fully saturated rings. The standard InChI is InChI=1S/C25H24N2O3/c1-3-16-30-23-10-6-19(17-24(23)29-2)7-11-25(28)27-18-20-4-8-21(9-5-20)22-12-14-26-15-13-22/h1,4-6,8-10,12-15,17H,7,11,16,18H2,2H3,(H,27,28). The Kier molecular flexibility index (Phi) is 7.45. The smallest absolute Gasteiger partial charge is 0.220 e. The van der Waals surface area contributed by atoms with E-state index in [0.717, 1.165) is 22.3 Å². The highest BCUT2D eigenvalue weighted by molar-refractivity contribution is 5.76. The van der Waals surface area contributed by atoms with Gasteiger partial charge in [0.25, 0.3) is 0 Å². The third kappa shape index (κ3) is 5.86. The zero-order chi connectivity index (χ0) is 21.2. The first-order valence-electron chi connectivity index (χ1n) is 9.69. The van der Waals surface area contributed by atoms with E-state index in [-0.39, 0.29) is 12.5 Å². The molecule has 1 N–H and O–H groups in total. The Balaban J connectivity index is 1.48. The summed E-state index contributed by atoms with van der Waals surface area (Å²) in [5, 5.41) is 2.97. The Morgan fingerprint density at radius 3 is 2.40 bits per heavy atom. The van der Waals surface area contributed by atoms with Gasteiger partial charge in [0.2, 0.25) is 5.91 Å². The van der Waals surface area contributed by atoms with E-state index in [9.17, 15) is 4.79 Å². The van der Waals surface area contributed by atoms with E-state index in [1.807, 2.05) is 54.6 Å². The van der Waals surface area contributed by atoms with Crippen molar-refractivity contribution in [2.75, 3.05) is 13.7 Å². The summed E-state index contributed by atoms with van der Waals surface area (Å²) >= 11 is 0. The summed E-state index contributed by atoms with van der Waals surface area (Å²) in [7, 11) is 1.58. The second kappa shape index (κ2) is 10.7. The number of aryl methyl sites for hydroxylation is 1. The van der Waals surface area contributed by atoms with Crippen LogP contribution in [-0.2, 0) is 17.8 Å². The molecule has 0 saturated carbocycles. The number of benzene rings is 2. The molecule has 5 heteroatoms. The first-order valence-corrected chi connectivity index (χ1v) is 9.69. The normalized spacial score (nSPS) is 10.1. The Morgan fingerprint density at radius 2 is 1.70 bits per heavy atom. The maximum absolute atomic E-state index is 12.2. The van der Waals surface area contributed by atoms with Crippen LogP contribution >= 0.6 is 0 Å². The quantitative estimate of drug-likeness (QED) is 0.551. The van der Waals surface area contributed by atoms with E-state index in [0.29, 0.717) is 30.9 Å². The third-order valence-electron chi connectivity index (χ3n) is 4.64. The maximum atomic E-state index is 12.2. The zero-order valence-electron chi connectivity index (χ0n) is 16.9. The molecule has 0 bridgehead atoms. The minimum Gasteiger partial charge on any atom is -0.493 e. The highest BCUT2D eigenvalue weighted by atomic mass is 16.5. The van der Waals surface area contributed by atoms with Gasteiger partial charge in [-0.1, -0.05) is 36.3 Å². The van der Waals surface area contributed by atoms with Crippen molar-refractivity contribution in [1.29, 1.82) is 0 Å². The van der Waals surface area contributed by atoms with Gasteiger partial charge < -0.3 is 14.8 Å². The van der Waals surface area contributed by atoms with Crippen molar-refractivity contribution in [1.82, 2.24) is 10.3 Å². The number of aromatic nitrogens is 1. The summed E-state index contributed by atoms with van der Waals surface area (Å²) in [5.41, 5.74) is 4.29. The number of methoxy groups -OCH3 is 1. The molecule has 0 atom stereocenters. The minimum absolute atomic E-state index is 0.000152. The van der Waals surface area contributed by atoms with Gasteiger partial charge in [-0.2, -0.15) is 0 Å². The summed E-state index contributed by atoms with van der Waals surface area (Å²) in [6.07, 6.45) is 9.77. The lowest BCUT2D eigenvalue weighted by molar-refractivity contribution is -0.121. The van der Waals surface area contributed by atoms with Crippen LogP contribution in [-0.4, -0.2) is 24.6 Å². The highest BCUT2D eigenvalue weighted by Gasteiger charge is 2.08. The van der Waals surface area contributed by atoms with E-state index in [1.54, 1.807) is 19.5 Å². The number of terminal acetylenes is 1. The minimum atomic E-state index is -0.000152. The Hall–Kier alpha value is -3.78. The zero-order valence-corrected chi connectivity index (χ0v) is 16.9. The van der Waals surface area contributed by atoms with Crippen LogP contribution in [0.25, 0.3) is 11.1 Å². The summed E-state index contributed by atoms with van der Waals surface area (Å²) in [6.45, 7) is 0.680. The molecule has 1 heterocycles. The number of nitrogens with one attached hydrogen (secondary N) is 1. The Morgan fingerprint density at radius 1 is 1.00 bits per heavy atom. The number of amides is 1. The topological polar surface area (TPSA) is 60.5 Å². The first kappa shape index (κ1) is 20.9. The lowest BCUT2D eigenvalue weighted by atomic mass is 10.1. The first-order chi connectivity index (χ1) is 14.7. The monoisotopic (exact) mass is 400 g/mol. The molecule has 0 aliphatic heterocycles. The molecular weight excluding hydrogens is 376 g/mol. The average molecular weight is 400 g/mol. The number of carbonyl (C=O) groups excluding carboxylic acids is 1. The predicted octanol–water partition coefficient (Wildman–Crippen LogP) is 4.02. The number of hydrogen-bond donors (Lipinski definition) is 1. The van der Waals surface area contributed by atoms with Crippen LogP contribution in [0.1, 0.15) is 17.5 Å². The molecule has 0 aliphatic rings. The molecule has 3 aromatic rings. The fourth-order valence-corrected chi connectivity index (χ4v) is 3.01. The van der Waals surface area contributed by atoms with Crippen LogP contribution in [0.3, 0.4) is 0 Å². The molecule has 30 heavy (non-hydrogen) atoms. The number of rotatable bonds is 9. The molecule has 0 saturated heterocycles. The fourth-order valence-electron chi connectivity index (χ4n) is 3.01. The van der Waals surface area contributed by atoms with E-state index < -0.39 is 0 Å². The second-order valence-corrected chi connectivity index (χ2v) is 6.69. The van der Waals surface area contributed by atoms with E-state index in [1.165, 1.54) is 0 Å². The molecule has 0 radical (unpaired) electrons. The molecular formula is C25H24N2O3. The van der Waals surface area contributed by atoms with Crippen molar-refractivity contribution in [3.63, 3.8) is 0 Å². The predicted molar refractivity (Wildman–Crippen MR) is 117 cm³/mol. The van der Waals surface area contributed by atoms with Crippen molar-refractivity contribution < 1.29 is 14.3 Å². The van der Waals surface area contributed by atoms with Gasteiger partial charge in [0.05, 0.1) is 7.11 Å². The van der Waals surface area contributed by atoms with Crippen LogP contribution < -0.4 is 14.8 Å². The van der Waals surface area contributed by atoms with Gasteiger partial charge in [-0.3, -0.25) is 9.78 Å². The fraction of sp³-hybridized carbons (Fsp3) is 0.200. The van der Waals surface area contributed by atoms with Gasteiger partial charge in [-0.05, 0) is 52.9 Å². The van der Waals surface area contributed by atoms with Gasteiger partial charge in [0.1, 0.15) is 6.61 Å². The largest absolute Gasteiger partial charge is 0.493 e. The van der Waals surface area contributed by atoms with Crippen LogP contribution in [0.15, 0.2) is 67.0 Å². The average Bonchev–Trinajstić information content (AvgIpc) is 2.81. The molecule has 0 spiro atoms. The van der Waals surface area contributed by atoms with Crippen molar-refractivity contribution >= 4 is 5.91 Å². The molecule has 2 aromatic carbocycles. The van der Waals surface area contributed by atoms with Gasteiger partial charge in [0, 0.05) is 25.4 Å². The summed E-state index contributed by atoms with van der Waals surface area (Å²) in [4.78, 5) is 16.3. The van der Waals surface area contributed by atoms with E-state index in [4.69, 9.17) is 15.9 Å². The van der Waals surface area contributed by atoms with Crippen molar-refractivity contribution in [2.45, 2.75) is 19.4 Å². The summed E-state index contributed by atoms with van der Waals surface area (Å²) in [5.74, 6) is 3.63. The van der Waals surface area contributed by atoms with Crippen molar-refractivity contribution in [2.24, 2.45) is 0 Å². The van der Waals surface area contributed by atoms with Crippen LogP contribution in [0.2, 0.25) is 0 Å². The molecule has 0 unspecified atom stereocenters. The van der Waals surface area contributed by atoms with Crippen molar-refractivity contribution in [3.05, 3.63) is 78.1 Å². The number of nitrogens with zero attached hydrogens (tertiary/aromatic N) is 1. The van der Waals surface area contributed by atoms with Crippen LogP contribution in [0.4, 0.5) is 0 Å². The summed E-state index contributed by atoms with van der Waals surface area (Å²) < 4.78 is 10.8.